The quantitative estimate of drug-likeness (QED) is 0.458. The fraction of sp³-hybridized carbons (Fsp3) is 0.222. The van der Waals surface area contributed by atoms with Crippen molar-refractivity contribution in [1.82, 2.24) is 19.7 Å². The van der Waals surface area contributed by atoms with Gasteiger partial charge in [-0.1, -0.05) is 6.07 Å². The van der Waals surface area contributed by atoms with Gasteiger partial charge in [0.25, 0.3) is 0 Å². The molecule has 0 radical (unpaired) electrons. The Morgan fingerprint density at radius 3 is 2.76 bits per heavy atom. The number of pyridine rings is 2. The van der Waals surface area contributed by atoms with Crippen molar-refractivity contribution in [3.8, 4) is 23.0 Å². The van der Waals surface area contributed by atoms with Gasteiger partial charge in [0.05, 0.1) is 28.7 Å². The number of hydrogen-bond donors (Lipinski definition) is 1. The predicted octanol–water partition coefficient (Wildman–Crippen LogP) is 2.20. The van der Waals surface area contributed by atoms with Crippen LogP contribution in [-0.2, 0) is 10.8 Å². The van der Waals surface area contributed by atoms with Crippen molar-refractivity contribution >= 4 is 22.3 Å². The molecule has 0 saturated carbocycles. The number of anilines is 1. The Kier molecular flexibility index (Phi) is 5.94. The number of nitrogens with two attached hydrogens (primary N) is 1. The summed E-state index contributed by atoms with van der Waals surface area (Å²) in [5.74, 6) is 0.367. The Balaban J connectivity index is 1.87. The molecular formula is C18H17N7O3S. The number of aromatic nitrogens is 4. The lowest BCUT2D eigenvalue weighted by molar-refractivity contribution is -0.383. The highest BCUT2D eigenvalue weighted by Gasteiger charge is 2.21. The average Bonchev–Trinajstić information content (AvgIpc) is 3.18. The number of nitrogens with zero attached hydrogens (tertiary/aromatic N) is 6. The average molecular weight is 411 g/mol. The molecule has 0 bridgehead atoms. The lowest BCUT2D eigenvalue weighted by atomic mass is 10.00. The van der Waals surface area contributed by atoms with E-state index in [4.69, 9.17) is 5.73 Å². The predicted molar refractivity (Wildman–Crippen MR) is 108 cm³/mol. The second-order valence-electron chi connectivity index (χ2n) is 6.22. The first-order valence-corrected chi connectivity index (χ1v) is 10.2. The standard InChI is InChI=1S/C18H17N7O3S/c1-29(28)7-5-12(8-19)13-2-3-16(22-9-13)24-11-14(10-23-24)15-4-6-21-18(20)17(15)25(26)27/h2-4,6,9-12H,5,7H2,1H3,(H2,20,21). The molecule has 0 spiro atoms. The lowest BCUT2D eigenvalue weighted by Crippen LogP contribution is -2.04. The minimum atomic E-state index is -0.965. The molecule has 2 N–H and O–H groups in total. The first-order chi connectivity index (χ1) is 13.9. The van der Waals surface area contributed by atoms with Gasteiger partial charge in [-0.2, -0.15) is 10.4 Å². The Hall–Kier alpha value is -3.65. The maximum absolute atomic E-state index is 11.3. The zero-order valence-corrected chi connectivity index (χ0v) is 16.2. The van der Waals surface area contributed by atoms with Crippen molar-refractivity contribution in [3.63, 3.8) is 0 Å². The third-order valence-corrected chi connectivity index (χ3v) is 5.10. The highest BCUT2D eigenvalue weighted by molar-refractivity contribution is 7.84. The number of nitriles is 1. The van der Waals surface area contributed by atoms with E-state index >= 15 is 0 Å². The molecule has 0 aliphatic rings. The van der Waals surface area contributed by atoms with Gasteiger partial charge in [0.15, 0.2) is 5.82 Å². The zero-order chi connectivity index (χ0) is 21.0. The van der Waals surface area contributed by atoms with Crippen LogP contribution < -0.4 is 5.73 Å². The summed E-state index contributed by atoms with van der Waals surface area (Å²) in [5.41, 5.74) is 6.90. The van der Waals surface area contributed by atoms with Gasteiger partial charge < -0.3 is 5.73 Å². The molecule has 2 unspecified atom stereocenters. The van der Waals surface area contributed by atoms with Crippen molar-refractivity contribution in [2.24, 2.45) is 0 Å². The van der Waals surface area contributed by atoms with E-state index < -0.39 is 21.6 Å². The molecule has 0 aliphatic carbocycles. The zero-order valence-electron chi connectivity index (χ0n) is 15.4. The molecule has 3 rings (SSSR count). The normalized spacial score (nSPS) is 12.8. The van der Waals surface area contributed by atoms with Gasteiger partial charge in [-0.25, -0.2) is 14.6 Å². The summed E-state index contributed by atoms with van der Waals surface area (Å²) in [4.78, 5) is 18.8. The molecule has 29 heavy (non-hydrogen) atoms. The van der Waals surface area contributed by atoms with Gasteiger partial charge in [-0.05, 0) is 24.1 Å². The Morgan fingerprint density at radius 1 is 1.34 bits per heavy atom. The van der Waals surface area contributed by atoms with Gasteiger partial charge in [-0.3, -0.25) is 14.3 Å². The van der Waals surface area contributed by atoms with E-state index in [-0.39, 0.29) is 11.5 Å². The van der Waals surface area contributed by atoms with E-state index in [0.717, 1.165) is 5.56 Å². The molecule has 0 fully saturated rings. The van der Waals surface area contributed by atoms with Gasteiger partial charge in [0.1, 0.15) is 0 Å². The molecule has 10 nitrogen and oxygen atoms in total. The monoisotopic (exact) mass is 411 g/mol. The van der Waals surface area contributed by atoms with Crippen molar-refractivity contribution in [3.05, 3.63) is 58.7 Å². The number of hydrogen-bond acceptors (Lipinski definition) is 8. The van der Waals surface area contributed by atoms with E-state index in [1.165, 1.54) is 23.1 Å². The molecule has 0 aliphatic heterocycles. The van der Waals surface area contributed by atoms with E-state index in [2.05, 4.69) is 21.1 Å². The molecule has 11 heteroatoms. The second kappa shape index (κ2) is 8.57. The van der Waals surface area contributed by atoms with E-state index in [0.29, 0.717) is 29.1 Å². The highest BCUT2D eigenvalue weighted by atomic mass is 32.2. The summed E-state index contributed by atoms with van der Waals surface area (Å²) in [6.07, 6.45) is 8.15. The van der Waals surface area contributed by atoms with E-state index in [1.807, 2.05) is 0 Å². The van der Waals surface area contributed by atoms with Crippen molar-refractivity contribution in [2.45, 2.75) is 12.3 Å². The van der Waals surface area contributed by atoms with Crippen LogP contribution >= 0.6 is 0 Å². The third-order valence-electron chi connectivity index (χ3n) is 4.29. The van der Waals surface area contributed by atoms with Gasteiger partial charge in [-0.15, -0.1) is 0 Å². The Bertz CT molecular complexity index is 1110. The van der Waals surface area contributed by atoms with Crippen molar-refractivity contribution in [1.29, 1.82) is 5.26 Å². The third kappa shape index (κ3) is 4.44. The van der Waals surface area contributed by atoms with Crippen LogP contribution in [0.5, 0.6) is 0 Å². The lowest BCUT2D eigenvalue weighted by Gasteiger charge is -2.09. The maximum Gasteiger partial charge on any atom is 0.319 e. The molecule has 0 aromatic carbocycles. The fourth-order valence-corrected chi connectivity index (χ4v) is 3.38. The topological polar surface area (TPSA) is 154 Å². The van der Waals surface area contributed by atoms with Gasteiger partial charge >= 0.3 is 5.69 Å². The molecular weight excluding hydrogens is 394 g/mol. The number of nitro groups is 1. The fourth-order valence-electron chi connectivity index (χ4n) is 2.81. The van der Waals surface area contributed by atoms with Crippen LogP contribution in [0.3, 0.4) is 0 Å². The molecule has 2 atom stereocenters. The van der Waals surface area contributed by atoms with Crippen LogP contribution in [0.25, 0.3) is 16.9 Å². The Labute approximate surface area is 168 Å². The van der Waals surface area contributed by atoms with Gasteiger partial charge in [0.2, 0.25) is 5.82 Å². The summed E-state index contributed by atoms with van der Waals surface area (Å²) >= 11 is 0. The van der Waals surface area contributed by atoms with Crippen LogP contribution in [-0.4, -0.2) is 40.9 Å². The minimum Gasteiger partial charge on any atom is -0.378 e. The van der Waals surface area contributed by atoms with E-state index in [1.54, 1.807) is 30.8 Å². The number of nitrogen functional groups attached to an aromatic ring is 1. The van der Waals surface area contributed by atoms with Gasteiger partial charge in [0, 0.05) is 47.0 Å². The van der Waals surface area contributed by atoms with Crippen LogP contribution in [0.2, 0.25) is 0 Å². The minimum absolute atomic E-state index is 0.168. The molecule has 3 heterocycles. The summed E-state index contributed by atoms with van der Waals surface area (Å²) in [7, 11) is -0.965. The second-order valence-corrected chi connectivity index (χ2v) is 7.78. The first kappa shape index (κ1) is 20.1. The summed E-state index contributed by atoms with van der Waals surface area (Å²) in [6.45, 7) is 0. The molecule has 0 amide bonds. The van der Waals surface area contributed by atoms with E-state index in [9.17, 15) is 19.6 Å². The van der Waals surface area contributed by atoms with Crippen LogP contribution in [0.15, 0.2) is 43.0 Å². The molecule has 148 valence electrons. The molecule has 3 aromatic rings. The Morgan fingerprint density at radius 2 is 2.14 bits per heavy atom. The SMILES string of the molecule is CS(=O)CCC(C#N)c1ccc(-n2cc(-c3ccnc(N)c3[N+](=O)[O-])cn2)nc1. The molecule has 3 aromatic heterocycles. The van der Waals surface area contributed by atoms with Crippen LogP contribution in [0.4, 0.5) is 11.5 Å². The largest absolute Gasteiger partial charge is 0.378 e. The van der Waals surface area contributed by atoms with Crippen LogP contribution in [0.1, 0.15) is 17.9 Å². The number of rotatable bonds is 7. The van der Waals surface area contributed by atoms with Crippen molar-refractivity contribution < 1.29 is 9.13 Å². The summed E-state index contributed by atoms with van der Waals surface area (Å²) in [5, 5.41) is 24.9. The summed E-state index contributed by atoms with van der Waals surface area (Å²) in [6, 6.07) is 7.17. The first-order valence-electron chi connectivity index (χ1n) is 8.50. The maximum atomic E-state index is 11.3. The van der Waals surface area contributed by atoms with Crippen molar-refractivity contribution in [2.75, 3.05) is 17.7 Å². The molecule has 0 saturated heterocycles. The highest BCUT2D eigenvalue weighted by Crippen LogP contribution is 2.33. The summed E-state index contributed by atoms with van der Waals surface area (Å²) < 4.78 is 12.7. The smallest absolute Gasteiger partial charge is 0.319 e. The van der Waals surface area contributed by atoms with Crippen LogP contribution in [0, 0.1) is 21.4 Å².